The van der Waals surface area contributed by atoms with Gasteiger partial charge >= 0.3 is 0 Å². The van der Waals surface area contributed by atoms with Gasteiger partial charge in [-0.25, -0.2) is 4.68 Å². The summed E-state index contributed by atoms with van der Waals surface area (Å²) in [4.78, 5) is 16.5. The summed E-state index contributed by atoms with van der Waals surface area (Å²) in [5.74, 6) is 0.191. The molecule has 0 radical (unpaired) electrons. The third kappa shape index (κ3) is 3.98. The average molecular weight is 383 g/mol. The lowest BCUT2D eigenvalue weighted by Gasteiger charge is -2.48. The van der Waals surface area contributed by atoms with Crippen molar-refractivity contribution >= 4 is 5.91 Å². The number of benzene rings is 1. The van der Waals surface area contributed by atoms with Gasteiger partial charge in [0.25, 0.3) is 0 Å². The second-order valence-electron chi connectivity index (χ2n) is 8.37. The van der Waals surface area contributed by atoms with Gasteiger partial charge in [0.15, 0.2) is 0 Å². The number of hydrogen-bond donors (Lipinski definition) is 1. The fourth-order valence-corrected chi connectivity index (χ4v) is 4.81. The van der Waals surface area contributed by atoms with Gasteiger partial charge in [-0.15, -0.1) is 0 Å². The summed E-state index contributed by atoms with van der Waals surface area (Å²) in [6.45, 7) is 6.37. The van der Waals surface area contributed by atoms with E-state index in [1.165, 1.54) is 12.0 Å². The molecule has 0 bridgehead atoms. The number of aryl methyl sites for hydroxylation is 1. The topological polar surface area (TPSA) is 61.6 Å². The lowest BCUT2D eigenvalue weighted by atomic mass is 9.73. The van der Waals surface area contributed by atoms with Crippen molar-refractivity contribution in [2.45, 2.75) is 39.2 Å². The molecule has 3 heterocycles. The number of likely N-dealkylation sites (tertiary alicyclic amines) is 2. The molecule has 2 aliphatic heterocycles. The molecule has 4 rings (SSSR count). The Morgan fingerprint density at radius 2 is 2.00 bits per heavy atom. The van der Waals surface area contributed by atoms with Crippen LogP contribution < -0.4 is 0 Å². The molecule has 2 aromatic rings. The number of hydrogen-bond acceptors (Lipinski definition) is 4. The molecule has 2 fully saturated rings. The van der Waals surface area contributed by atoms with Crippen molar-refractivity contribution in [3.63, 3.8) is 0 Å². The Bertz CT molecular complexity index is 819. The van der Waals surface area contributed by atoms with Crippen LogP contribution in [-0.4, -0.2) is 63.4 Å². The number of amides is 1. The number of aliphatic hydroxyl groups excluding tert-OH is 1. The van der Waals surface area contributed by atoms with Crippen LogP contribution in [0.2, 0.25) is 0 Å². The summed E-state index contributed by atoms with van der Waals surface area (Å²) in [5, 5.41) is 14.0. The minimum Gasteiger partial charge on any atom is -0.395 e. The molecule has 6 nitrogen and oxygen atoms in total. The van der Waals surface area contributed by atoms with E-state index in [0.29, 0.717) is 13.0 Å². The van der Waals surface area contributed by atoms with E-state index >= 15 is 0 Å². The molecule has 1 N–H and O–H groups in total. The number of β-amino-alcohol motifs (C(OH)–C–C–N with tert-alkyl or cyclic N) is 1. The Labute approximate surface area is 166 Å². The first-order valence-corrected chi connectivity index (χ1v) is 10.3. The number of rotatable bonds is 5. The van der Waals surface area contributed by atoms with Crippen LogP contribution in [-0.2, 0) is 11.3 Å². The zero-order chi connectivity index (χ0) is 19.6. The van der Waals surface area contributed by atoms with E-state index in [1.54, 1.807) is 0 Å². The molecule has 2 saturated heterocycles. The highest BCUT2D eigenvalue weighted by Gasteiger charge is 2.41. The first-order chi connectivity index (χ1) is 13.6. The molecule has 6 heteroatoms. The standard InChI is InChI=1S/C22H30N4O2/c1-18-19(15-26(23-18)20-6-3-2-4-7-20)14-24-11-5-9-22(16-24)10-8-21(28)25(17-22)12-13-27/h2-4,6-7,15,27H,5,8-14,16-17H2,1H3/t22-/m0/s1. The maximum atomic E-state index is 12.2. The number of piperidine rings is 2. The van der Waals surface area contributed by atoms with Gasteiger partial charge in [-0.1, -0.05) is 18.2 Å². The van der Waals surface area contributed by atoms with E-state index in [-0.39, 0.29) is 17.9 Å². The molecule has 1 aromatic heterocycles. The third-order valence-corrected chi connectivity index (χ3v) is 6.27. The van der Waals surface area contributed by atoms with Crippen molar-refractivity contribution in [3.8, 4) is 5.69 Å². The average Bonchev–Trinajstić information content (AvgIpc) is 3.06. The Balaban J connectivity index is 1.46. The zero-order valence-corrected chi connectivity index (χ0v) is 16.7. The highest BCUT2D eigenvalue weighted by Crippen LogP contribution is 2.39. The maximum absolute atomic E-state index is 12.2. The Hall–Kier alpha value is -2.18. The monoisotopic (exact) mass is 382 g/mol. The summed E-state index contributed by atoms with van der Waals surface area (Å²) >= 11 is 0. The lowest BCUT2D eigenvalue weighted by Crippen LogP contribution is -2.54. The summed E-state index contributed by atoms with van der Waals surface area (Å²) in [6.07, 6.45) is 6.05. The fourth-order valence-electron chi connectivity index (χ4n) is 4.81. The van der Waals surface area contributed by atoms with Gasteiger partial charge in [0, 0.05) is 49.8 Å². The summed E-state index contributed by atoms with van der Waals surface area (Å²) in [5.41, 5.74) is 3.59. The quantitative estimate of drug-likeness (QED) is 0.863. The highest BCUT2D eigenvalue weighted by atomic mass is 16.3. The first-order valence-electron chi connectivity index (χ1n) is 10.3. The molecule has 0 aliphatic carbocycles. The van der Waals surface area contributed by atoms with Gasteiger partial charge < -0.3 is 10.0 Å². The van der Waals surface area contributed by atoms with Crippen molar-refractivity contribution in [1.29, 1.82) is 0 Å². The van der Waals surface area contributed by atoms with Crippen LogP contribution in [0.1, 0.15) is 36.9 Å². The second kappa shape index (κ2) is 8.05. The molecular weight excluding hydrogens is 352 g/mol. The number of nitrogens with zero attached hydrogens (tertiary/aromatic N) is 4. The molecule has 1 atom stereocenters. The van der Waals surface area contributed by atoms with Crippen LogP contribution in [0.25, 0.3) is 5.69 Å². The van der Waals surface area contributed by atoms with Crippen molar-refractivity contribution in [3.05, 3.63) is 47.8 Å². The third-order valence-electron chi connectivity index (χ3n) is 6.27. The van der Waals surface area contributed by atoms with Gasteiger partial charge in [0.1, 0.15) is 0 Å². The van der Waals surface area contributed by atoms with E-state index in [0.717, 1.165) is 50.4 Å². The van der Waals surface area contributed by atoms with Gasteiger partial charge in [-0.05, 0) is 44.9 Å². The summed E-state index contributed by atoms with van der Waals surface area (Å²) in [7, 11) is 0. The lowest BCUT2D eigenvalue weighted by molar-refractivity contribution is -0.140. The molecule has 0 saturated carbocycles. The smallest absolute Gasteiger partial charge is 0.222 e. The SMILES string of the molecule is Cc1nn(-c2ccccc2)cc1CN1CCC[C@]2(CCC(=O)N(CCO)C2)C1. The van der Waals surface area contributed by atoms with Gasteiger partial charge in [-0.3, -0.25) is 9.69 Å². The Morgan fingerprint density at radius 1 is 1.18 bits per heavy atom. The molecule has 0 unspecified atom stereocenters. The van der Waals surface area contributed by atoms with E-state index < -0.39 is 0 Å². The summed E-state index contributed by atoms with van der Waals surface area (Å²) < 4.78 is 1.96. The van der Waals surface area contributed by atoms with Crippen LogP contribution in [0.5, 0.6) is 0 Å². The molecule has 150 valence electrons. The van der Waals surface area contributed by atoms with E-state index in [4.69, 9.17) is 5.10 Å². The highest BCUT2D eigenvalue weighted by molar-refractivity contribution is 5.77. The van der Waals surface area contributed by atoms with Crippen LogP contribution in [0.15, 0.2) is 36.5 Å². The molecule has 1 amide bonds. The van der Waals surface area contributed by atoms with Gasteiger partial charge in [0.05, 0.1) is 18.0 Å². The first kappa shape index (κ1) is 19.2. The zero-order valence-electron chi connectivity index (χ0n) is 16.7. The van der Waals surface area contributed by atoms with Crippen LogP contribution in [0, 0.1) is 12.3 Å². The predicted molar refractivity (Wildman–Crippen MR) is 108 cm³/mol. The van der Waals surface area contributed by atoms with Crippen molar-refractivity contribution in [2.75, 3.05) is 32.8 Å². The fraction of sp³-hybridized carbons (Fsp3) is 0.545. The van der Waals surface area contributed by atoms with Gasteiger partial charge in [-0.2, -0.15) is 5.10 Å². The molecule has 28 heavy (non-hydrogen) atoms. The van der Waals surface area contributed by atoms with Crippen LogP contribution >= 0.6 is 0 Å². The molecule has 1 spiro atoms. The largest absolute Gasteiger partial charge is 0.395 e. The molecular formula is C22H30N4O2. The number of aliphatic hydroxyl groups is 1. The van der Waals surface area contributed by atoms with Crippen molar-refractivity contribution < 1.29 is 9.90 Å². The maximum Gasteiger partial charge on any atom is 0.222 e. The van der Waals surface area contributed by atoms with E-state index in [2.05, 4.69) is 30.2 Å². The minimum atomic E-state index is 0.0450. The van der Waals surface area contributed by atoms with Crippen molar-refractivity contribution in [2.24, 2.45) is 5.41 Å². The Kier molecular flexibility index (Phi) is 5.51. The number of carbonyl (C=O) groups excluding carboxylic acids is 1. The number of carbonyl (C=O) groups is 1. The molecule has 2 aliphatic rings. The van der Waals surface area contributed by atoms with Crippen LogP contribution in [0.4, 0.5) is 0 Å². The van der Waals surface area contributed by atoms with Crippen LogP contribution in [0.3, 0.4) is 0 Å². The number of para-hydroxylation sites is 1. The predicted octanol–water partition coefficient (Wildman–Crippen LogP) is 2.38. The number of aromatic nitrogens is 2. The summed E-state index contributed by atoms with van der Waals surface area (Å²) in [6, 6.07) is 10.2. The second-order valence-corrected chi connectivity index (χ2v) is 8.37. The van der Waals surface area contributed by atoms with Gasteiger partial charge in [0.2, 0.25) is 5.91 Å². The van der Waals surface area contributed by atoms with E-state index in [1.807, 2.05) is 27.8 Å². The van der Waals surface area contributed by atoms with E-state index in [9.17, 15) is 9.90 Å². The normalized spacial score (nSPS) is 23.5. The minimum absolute atomic E-state index is 0.0450. The Morgan fingerprint density at radius 3 is 2.79 bits per heavy atom. The van der Waals surface area contributed by atoms with Crippen molar-refractivity contribution in [1.82, 2.24) is 19.6 Å². The molecule has 1 aromatic carbocycles.